The number of nitrogens with zero attached hydrogens (tertiary/aromatic N) is 1. The van der Waals surface area contributed by atoms with Gasteiger partial charge in [-0.25, -0.2) is 0 Å². The third-order valence-corrected chi connectivity index (χ3v) is 4.04. The highest BCUT2D eigenvalue weighted by Crippen LogP contribution is 2.30. The van der Waals surface area contributed by atoms with Crippen LogP contribution in [0.25, 0.3) is 0 Å². The van der Waals surface area contributed by atoms with E-state index in [-0.39, 0.29) is 12.3 Å². The lowest BCUT2D eigenvalue weighted by Crippen LogP contribution is -2.42. The van der Waals surface area contributed by atoms with E-state index in [0.717, 1.165) is 31.2 Å². The molecule has 0 bridgehead atoms. The molecule has 0 heterocycles. The molecule has 0 radical (unpaired) electrons. The van der Waals surface area contributed by atoms with Crippen LogP contribution in [0.15, 0.2) is 30.3 Å². The van der Waals surface area contributed by atoms with Gasteiger partial charge >= 0.3 is 0 Å². The van der Waals surface area contributed by atoms with Crippen molar-refractivity contribution < 1.29 is 15.0 Å². The van der Waals surface area contributed by atoms with E-state index in [1.165, 1.54) is 4.90 Å². The second-order valence-electron chi connectivity index (χ2n) is 5.81. The maximum absolute atomic E-state index is 12.1. The molecule has 4 nitrogen and oxygen atoms in total. The molecule has 1 aliphatic carbocycles. The number of aliphatic hydroxyl groups is 2. The first kappa shape index (κ1) is 15.0. The Morgan fingerprint density at radius 1 is 1.30 bits per heavy atom. The summed E-state index contributed by atoms with van der Waals surface area (Å²) in [5.41, 5.74) is 0.0103. The Kier molecular flexibility index (Phi) is 4.78. The van der Waals surface area contributed by atoms with Crippen LogP contribution in [0.1, 0.15) is 43.8 Å². The van der Waals surface area contributed by atoms with Crippen molar-refractivity contribution in [1.82, 2.24) is 4.90 Å². The third-order valence-electron chi connectivity index (χ3n) is 4.04. The fraction of sp³-hybridized carbons (Fsp3) is 0.562. The number of hydrogen-bond donors (Lipinski definition) is 2. The van der Waals surface area contributed by atoms with Gasteiger partial charge in [-0.2, -0.15) is 0 Å². The molecule has 0 aliphatic heterocycles. The number of benzene rings is 1. The number of rotatable bonds is 5. The first-order valence-electron chi connectivity index (χ1n) is 7.19. The normalized spacial score (nSPS) is 18.8. The van der Waals surface area contributed by atoms with Crippen molar-refractivity contribution in [2.75, 3.05) is 13.6 Å². The van der Waals surface area contributed by atoms with Gasteiger partial charge in [-0.15, -0.1) is 0 Å². The molecule has 4 heteroatoms. The van der Waals surface area contributed by atoms with Gasteiger partial charge in [0.05, 0.1) is 18.1 Å². The summed E-state index contributed by atoms with van der Waals surface area (Å²) >= 11 is 0. The van der Waals surface area contributed by atoms with Crippen LogP contribution < -0.4 is 0 Å². The molecule has 1 aromatic rings. The van der Waals surface area contributed by atoms with Gasteiger partial charge in [-0.1, -0.05) is 43.2 Å². The molecule has 1 saturated carbocycles. The summed E-state index contributed by atoms with van der Waals surface area (Å²) in [6.45, 7) is 0.355. The molecule has 1 atom stereocenters. The maximum Gasteiger partial charge on any atom is 0.225 e. The fourth-order valence-electron chi connectivity index (χ4n) is 2.84. The van der Waals surface area contributed by atoms with E-state index >= 15 is 0 Å². The van der Waals surface area contributed by atoms with Crippen LogP contribution in [0.3, 0.4) is 0 Å². The van der Waals surface area contributed by atoms with Crippen LogP contribution in [0.5, 0.6) is 0 Å². The molecule has 1 unspecified atom stereocenters. The second kappa shape index (κ2) is 6.37. The first-order valence-corrected chi connectivity index (χ1v) is 7.19. The van der Waals surface area contributed by atoms with Crippen LogP contribution >= 0.6 is 0 Å². The Hall–Kier alpha value is -1.39. The van der Waals surface area contributed by atoms with Gasteiger partial charge in [0.2, 0.25) is 5.91 Å². The predicted molar refractivity (Wildman–Crippen MR) is 77.1 cm³/mol. The zero-order chi connectivity index (χ0) is 14.6. The van der Waals surface area contributed by atoms with E-state index in [0.29, 0.717) is 6.54 Å². The Bertz CT molecular complexity index is 440. The molecule has 0 spiro atoms. The van der Waals surface area contributed by atoms with E-state index in [9.17, 15) is 15.0 Å². The smallest absolute Gasteiger partial charge is 0.225 e. The van der Waals surface area contributed by atoms with Crippen molar-refractivity contribution in [1.29, 1.82) is 0 Å². The molecular formula is C16H23NO3. The van der Waals surface area contributed by atoms with Crippen LogP contribution in [0.4, 0.5) is 0 Å². The average Bonchev–Trinajstić information content (AvgIpc) is 2.86. The molecule has 2 N–H and O–H groups in total. The van der Waals surface area contributed by atoms with Gasteiger partial charge in [-0.05, 0) is 18.4 Å². The molecule has 1 amide bonds. The average molecular weight is 277 g/mol. The molecule has 2 rings (SSSR count). The predicted octanol–water partition coefficient (Wildman–Crippen LogP) is 1.87. The number of aliphatic hydroxyl groups excluding tert-OH is 1. The molecule has 1 fully saturated rings. The lowest BCUT2D eigenvalue weighted by Gasteiger charge is -2.29. The highest BCUT2D eigenvalue weighted by molar-refractivity contribution is 5.76. The Balaban J connectivity index is 1.88. The Morgan fingerprint density at radius 2 is 1.90 bits per heavy atom. The molecule has 110 valence electrons. The summed E-state index contributed by atoms with van der Waals surface area (Å²) in [6, 6.07) is 9.17. The molecule has 20 heavy (non-hydrogen) atoms. The van der Waals surface area contributed by atoms with Crippen LogP contribution in [0, 0.1) is 0 Å². The maximum atomic E-state index is 12.1. The fourth-order valence-corrected chi connectivity index (χ4v) is 2.84. The lowest BCUT2D eigenvalue weighted by atomic mass is 10.0. The van der Waals surface area contributed by atoms with Crippen molar-refractivity contribution in [3.63, 3.8) is 0 Å². The minimum absolute atomic E-state index is 0.0522. The SMILES string of the molecule is CN(CC1(O)CCCC1)C(=O)CC(O)c1ccccc1. The van der Waals surface area contributed by atoms with Gasteiger partial charge in [0.25, 0.3) is 0 Å². The molecular weight excluding hydrogens is 254 g/mol. The highest BCUT2D eigenvalue weighted by Gasteiger charge is 2.33. The largest absolute Gasteiger partial charge is 0.388 e. The van der Waals surface area contributed by atoms with Crippen LogP contribution in [-0.2, 0) is 4.79 Å². The van der Waals surface area contributed by atoms with Crippen molar-refractivity contribution >= 4 is 5.91 Å². The van der Waals surface area contributed by atoms with Crippen molar-refractivity contribution in [3.05, 3.63) is 35.9 Å². The van der Waals surface area contributed by atoms with Gasteiger partial charge < -0.3 is 15.1 Å². The van der Waals surface area contributed by atoms with E-state index in [4.69, 9.17) is 0 Å². The molecule has 1 aromatic carbocycles. The molecule has 1 aliphatic rings. The van der Waals surface area contributed by atoms with Gasteiger partial charge in [0.1, 0.15) is 0 Å². The highest BCUT2D eigenvalue weighted by atomic mass is 16.3. The molecule has 0 saturated heterocycles. The number of carbonyl (C=O) groups is 1. The number of amides is 1. The monoisotopic (exact) mass is 277 g/mol. The van der Waals surface area contributed by atoms with E-state index in [1.54, 1.807) is 7.05 Å². The van der Waals surface area contributed by atoms with Gasteiger partial charge in [0.15, 0.2) is 0 Å². The van der Waals surface area contributed by atoms with Crippen molar-refractivity contribution in [2.45, 2.75) is 43.8 Å². The summed E-state index contributed by atoms with van der Waals surface area (Å²) in [6.07, 6.45) is 2.81. The van der Waals surface area contributed by atoms with Crippen LogP contribution in [-0.4, -0.2) is 40.2 Å². The third kappa shape index (κ3) is 3.81. The Labute approximate surface area is 120 Å². The minimum atomic E-state index is -0.788. The van der Waals surface area contributed by atoms with E-state index in [1.807, 2.05) is 30.3 Å². The standard InChI is InChI=1S/C16H23NO3/c1-17(12-16(20)9-5-6-10-16)15(19)11-14(18)13-7-3-2-4-8-13/h2-4,7-8,14,18,20H,5-6,9-12H2,1H3. The quantitative estimate of drug-likeness (QED) is 0.864. The van der Waals surface area contributed by atoms with Gasteiger partial charge in [0, 0.05) is 13.6 Å². The zero-order valence-electron chi connectivity index (χ0n) is 12.0. The number of carbonyl (C=O) groups excluding carboxylic acids is 1. The Morgan fingerprint density at radius 3 is 2.50 bits per heavy atom. The summed E-state index contributed by atoms with van der Waals surface area (Å²) in [5.74, 6) is -0.137. The van der Waals surface area contributed by atoms with Gasteiger partial charge in [-0.3, -0.25) is 4.79 Å². The lowest BCUT2D eigenvalue weighted by molar-refractivity contribution is -0.135. The first-order chi connectivity index (χ1) is 9.50. The zero-order valence-corrected chi connectivity index (χ0v) is 12.0. The summed E-state index contributed by atoms with van der Waals surface area (Å²) in [4.78, 5) is 13.7. The van der Waals surface area contributed by atoms with E-state index in [2.05, 4.69) is 0 Å². The molecule has 0 aromatic heterocycles. The summed E-state index contributed by atoms with van der Waals surface area (Å²) in [7, 11) is 1.69. The number of hydrogen-bond acceptors (Lipinski definition) is 3. The summed E-state index contributed by atoms with van der Waals surface area (Å²) in [5, 5.41) is 20.4. The van der Waals surface area contributed by atoms with E-state index < -0.39 is 11.7 Å². The van der Waals surface area contributed by atoms with Crippen LogP contribution in [0.2, 0.25) is 0 Å². The van der Waals surface area contributed by atoms with Crippen molar-refractivity contribution in [2.24, 2.45) is 0 Å². The number of likely N-dealkylation sites (N-methyl/N-ethyl adjacent to an activating group) is 1. The topological polar surface area (TPSA) is 60.8 Å². The van der Waals surface area contributed by atoms with Crippen molar-refractivity contribution in [3.8, 4) is 0 Å². The second-order valence-corrected chi connectivity index (χ2v) is 5.81. The summed E-state index contributed by atoms with van der Waals surface area (Å²) < 4.78 is 0. The minimum Gasteiger partial charge on any atom is -0.388 e.